The Morgan fingerprint density at radius 1 is 1.43 bits per heavy atom. The van der Waals surface area contributed by atoms with Crippen LogP contribution in [0.5, 0.6) is 5.75 Å². The van der Waals surface area contributed by atoms with Crippen LogP contribution in [0.1, 0.15) is 18.4 Å². The Morgan fingerprint density at radius 2 is 2.14 bits per heavy atom. The first-order valence-corrected chi connectivity index (χ1v) is 4.78. The summed E-state index contributed by atoms with van der Waals surface area (Å²) in [7, 11) is 1.66. The van der Waals surface area contributed by atoms with Gasteiger partial charge < -0.3 is 16.2 Å². The first-order valence-electron chi connectivity index (χ1n) is 4.78. The lowest BCUT2D eigenvalue weighted by molar-refractivity contribution is 0.413. The van der Waals surface area contributed by atoms with E-state index in [2.05, 4.69) is 0 Å². The van der Waals surface area contributed by atoms with E-state index in [0.717, 1.165) is 11.3 Å². The fraction of sp³-hybridized carbons (Fsp3) is 0.455. The number of rotatable bonds is 4. The number of hydrogen-bond acceptors (Lipinski definition) is 3. The van der Waals surface area contributed by atoms with Crippen LogP contribution in [0.2, 0.25) is 0 Å². The van der Waals surface area contributed by atoms with Gasteiger partial charge in [0.2, 0.25) is 0 Å². The van der Waals surface area contributed by atoms with Crippen LogP contribution in [0.3, 0.4) is 0 Å². The molecule has 4 N–H and O–H groups in total. The lowest BCUT2D eigenvalue weighted by Gasteiger charge is -2.19. The monoisotopic (exact) mass is 194 g/mol. The van der Waals surface area contributed by atoms with E-state index in [1.807, 2.05) is 31.2 Å². The molecule has 0 amide bonds. The molecular weight excluding hydrogens is 176 g/mol. The smallest absolute Gasteiger partial charge is 0.119 e. The quantitative estimate of drug-likeness (QED) is 0.754. The molecule has 0 aliphatic carbocycles. The topological polar surface area (TPSA) is 61.3 Å². The molecule has 0 aliphatic rings. The summed E-state index contributed by atoms with van der Waals surface area (Å²) < 4.78 is 5.15. The van der Waals surface area contributed by atoms with Gasteiger partial charge in [0.1, 0.15) is 5.75 Å². The molecule has 2 unspecified atom stereocenters. The highest BCUT2D eigenvalue weighted by Crippen LogP contribution is 2.21. The van der Waals surface area contributed by atoms with Crippen LogP contribution in [0.4, 0.5) is 0 Å². The van der Waals surface area contributed by atoms with E-state index in [4.69, 9.17) is 16.2 Å². The van der Waals surface area contributed by atoms with Crippen molar-refractivity contribution in [3.8, 4) is 5.75 Å². The lowest BCUT2D eigenvalue weighted by Crippen LogP contribution is -2.30. The number of hydrogen-bond donors (Lipinski definition) is 2. The largest absolute Gasteiger partial charge is 0.497 e. The van der Waals surface area contributed by atoms with E-state index in [1.54, 1.807) is 7.11 Å². The lowest BCUT2D eigenvalue weighted by atomic mass is 9.93. The zero-order chi connectivity index (χ0) is 10.6. The van der Waals surface area contributed by atoms with Crippen molar-refractivity contribution >= 4 is 0 Å². The van der Waals surface area contributed by atoms with Gasteiger partial charge in [0.25, 0.3) is 0 Å². The zero-order valence-electron chi connectivity index (χ0n) is 8.73. The van der Waals surface area contributed by atoms with E-state index >= 15 is 0 Å². The Labute approximate surface area is 85.0 Å². The molecule has 1 rings (SSSR count). The molecule has 78 valence electrons. The molecule has 0 fully saturated rings. The zero-order valence-corrected chi connectivity index (χ0v) is 8.73. The standard InChI is InChI=1S/C11H18N2O/c1-8(13)11(7-12)9-4-3-5-10(6-9)14-2/h3-6,8,11H,7,12-13H2,1-2H3. The summed E-state index contributed by atoms with van der Waals surface area (Å²) in [6.07, 6.45) is 0. The van der Waals surface area contributed by atoms with E-state index in [1.165, 1.54) is 0 Å². The Hall–Kier alpha value is -1.06. The van der Waals surface area contributed by atoms with Crippen LogP contribution in [0, 0.1) is 0 Å². The van der Waals surface area contributed by atoms with Crippen molar-refractivity contribution < 1.29 is 4.74 Å². The summed E-state index contributed by atoms with van der Waals surface area (Å²) >= 11 is 0. The molecule has 3 nitrogen and oxygen atoms in total. The molecule has 0 aromatic heterocycles. The minimum absolute atomic E-state index is 0.0621. The molecule has 0 heterocycles. The van der Waals surface area contributed by atoms with Crippen molar-refractivity contribution in [1.82, 2.24) is 0 Å². The second-order valence-electron chi connectivity index (χ2n) is 3.48. The highest BCUT2D eigenvalue weighted by molar-refractivity contribution is 5.31. The molecule has 3 heteroatoms. The molecule has 0 saturated carbocycles. The number of nitrogens with two attached hydrogens (primary N) is 2. The second kappa shape index (κ2) is 4.98. The third kappa shape index (κ3) is 2.47. The van der Waals surface area contributed by atoms with Gasteiger partial charge in [-0.05, 0) is 24.6 Å². The summed E-state index contributed by atoms with van der Waals surface area (Å²) in [5, 5.41) is 0. The van der Waals surface area contributed by atoms with Crippen molar-refractivity contribution in [2.45, 2.75) is 18.9 Å². The van der Waals surface area contributed by atoms with E-state index in [0.29, 0.717) is 6.54 Å². The maximum Gasteiger partial charge on any atom is 0.119 e. The molecule has 0 spiro atoms. The minimum atomic E-state index is 0.0621. The van der Waals surface area contributed by atoms with Gasteiger partial charge in [-0.1, -0.05) is 12.1 Å². The molecule has 0 radical (unpaired) electrons. The van der Waals surface area contributed by atoms with Gasteiger partial charge >= 0.3 is 0 Å². The SMILES string of the molecule is COc1cccc(C(CN)C(C)N)c1. The molecule has 1 aromatic carbocycles. The van der Waals surface area contributed by atoms with Gasteiger partial charge in [-0.15, -0.1) is 0 Å². The van der Waals surface area contributed by atoms with E-state index in [-0.39, 0.29) is 12.0 Å². The molecule has 1 aromatic rings. The predicted molar refractivity (Wildman–Crippen MR) is 58.4 cm³/mol. The predicted octanol–water partition coefficient (Wildman–Crippen LogP) is 1.08. The van der Waals surface area contributed by atoms with Crippen LogP contribution >= 0.6 is 0 Å². The fourth-order valence-corrected chi connectivity index (χ4v) is 1.53. The third-order valence-corrected chi connectivity index (χ3v) is 2.41. The average molecular weight is 194 g/mol. The number of benzene rings is 1. The minimum Gasteiger partial charge on any atom is -0.497 e. The van der Waals surface area contributed by atoms with Crippen LogP contribution in [-0.4, -0.2) is 19.7 Å². The second-order valence-corrected chi connectivity index (χ2v) is 3.48. The normalized spacial score (nSPS) is 14.9. The summed E-state index contributed by atoms with van der Waals surface area (Å²) in [4.78, 5) is 0. The Balaban J connectivity index is 2.92. The maximum absolute atomic E-state index is 5.85. The van der Waals surface area contributed by atoms with Crippen molar-refractivity contribution in [3.63, 3.8) is 0 Å². The number of methoxy groups -OCH3 is 1. The highest BCUT2D eigenvalue weighted by atomic mass is 16.5. The van der Waals surface area contributed by atoms with Gasteiger partial charge in [0.05, 0.1) is 7.11 Å². The molecule has 0 bridgehead atoms. The van der Waals surface area contributed by atoms with Gasteiger partial charge in [-0.3, -0.25) is 0 Å². The van der Waals surface area contributed by atoms with Crippen LogP contribution in [-0.2, 0) is 0 Å². The van der Waals surface area contributed by atoms with Crippen molar-refractivity contribution in [3.05, 3.63) is 29.8 Å². The number of ether oxygens (including phenoxy) is 1. The maximum atomic E-state index is 5.85. The average Bonchev–Trinajstić information content (AvgIpc) is 2.19. The summed E-state index contributed by atoms with van der Waals surface area (Å²) in [5.74, 6) is 1.05. The van der Waals surface area contributed by atoms with Gasteiger partial charge in [-0.2, -0.15) is 0 Å². The molecule has 2 atom stereocenters. The van der Waals surface area contributed by atoms with E-state index < -0.39 is 0 Å². The van der Waals surface area contributed by atoms with Gasteiger partial charge in [0.15, 0.2) is 0 Å². The van der Waals surface area contributed by atoms with E-state index in [9.17, 15) is 0 Å². The third-order valence-electron chi connectivity index (χ3n) is 2.41. The summed E-state index contributed by atoms with van der Waals surface area (Å²) in [6, 6.07) is 7.95. The van der Waals surface area contributed by atoms with Gasteiger partial charge in [-0.25, -0.2) is 0 Å². The van der Waals surface area contributed by atoms with Gasteiger partial charge in [0, 0.05) is 18.5 Å². The fourth-order valence-electron chi connectivity index (χ4n) is 1.53. The molecular formula is C11H18N2O. The van der Waals surface area contributed by atoms with Crippen LogP contribution in [0.15, 0.2) is 24.3 Å². The Bertz CT molecular complexity index is 286. The molecule has 14 heavy (non-hydrogen) atoms. The van der Waals surface area contributed by atoms with Crippen molar-refractivity contribution in [1.29, 1.82) is 0 Å². The Morgan fingerprint density at radius 3 is 2.64 bits per heavy atom. The summed E-state index contributed by atoms with van der Waals surface area (Å²) in [6.45, 7) is 2.53. The summed E-state index contributed by atoms with van der Waals surface area (Å²) in [5.41, 5.74) is 12.7. The van der Waals surface area contributed by atoms with Crippen LogP contribution < -0.4 is 16.2 Å². The van der Waals surface area contributed by atoms with Crippen molar-refractivity contribution in [2.24, 2.45) is 11.5 Å². The first kappa shape index (κ1) is 11.0. The highest BCUT2D eigenvalue weighted by Gasteiger charge is 2.14. The molecule has 0 aliphatic heterocycles. The van der Waals surface area contributed by atoms with Crippen molar-refractivity contribution in [2.75, 3.05) is 13.7 Å². The first-order chi connectivity index (χ1) is 6.69. The molecule has 0 saturated heterocycles. The Kier molecular flexibility index (Phi) is 3.92. The van der Waals surface area contributed by atoms with Crippen LogP contribution in [0.25, 0.3) is 0 Å².